The number of piperidine rings is 1. The molecule has 1 aliphatic carbocycles. The van der Waals surface area contributed by atoms with Crippen LogP contribution in [0, 0.1) is 0 Å². The number of aryl methyl sites for hydroxylation is 1. The maximum absolute atomic E-state index is 12.9. The van der Waals surface area contributed by atoms with E-state index < -0.39 is 11.9 Å². The molecular formula is C42H46N6O5. The lowest BCUT2D eigenvalue weighted by Crippen LogP contribution is -2.46. The summed E-state index contributed by atoms with van der Waals surface area (Å²) < 4.78 is 8.82. The fourth-order valence-electron chi connectivity index (χ4n) is 8.38. The van der Waals surface area contributed by atoms with Gasteiger partial charge in [0.1, 0.15) is 17.5 Å². The maximum Gasteiger partial charge on any atom is 0.351 e. The fraction of sp³-hybridized carbons (Fsp3) is 0.381. The number of aromatic nitrogens is 3. The molecule has 3 aromatic carbocycles. The van der Waals surface area contributed by atoms with Crippen LogP contribution in [0.25, 0.3) is 5.65 Å². The van der Waals surface area contributed by atoms with E-state index in [-0.39, 0.29) is 30.4 Å². The Hall–Kier alpha value is -5.42. The Morgan fingerprint density at radius 1 is 0.811 bits per heavy atom. The van der Waals surface area contributed by atoms with Gasteiger partial charge in [-0.1, -0.05) is 48.5 Å². The number of ether oxygens (including phenoxy) is 1. The van der Waals surface area contributed by atoms with Crippen molar-refractivity contribution in [3.63, 3.8) is 0 Å². The van der Waals surface area contributed by atoms with Gasteiger partial charge in [0.25, 0.3) is 5.91 Å². The normalized spacial score (nSPS) is 20.7. The van der Waals surface area contributed by atoms with Gasteiger partial charge in [-0.3, -0.25) is 24.2 Å². The van der Waals surface area contributed by atoms with Crippen LogP contribution in [-0.4, -0.2) is 75.3 Å². The zero-order valence-electron chi connectivity index (χ0n) is 29.9. The molecule has 0 spiro atoms. The minimum atomic E-state index is -0.776. The molecule has 1 unspecified atom stereocenters. The molecule has 3 aliphatic rings. The van der Waals surface area contributed by atoms with Gasteiger partial charge in [-0.25, -0.2) is 4.79 Å². The lowest BCUT2D eigenvalue weighted by atomic mass is 9.69. The van der Waals surface area contributed by atoms with Crippen molar-refractivity contribution < 1.29 is 19.4 Å². The molecule has 5 aromatic rings. The number of nitrogens with zero attached hydrogens (tertiary/aromatic N) is 5. The van der Waals surface area contributed by atoms with Crippen molar-refractivity contribution in [1.29, 1.82) is 0 Å². The Kier molecular flexibility index (Phi) is 9.99. The number of fused-ring (bicyclic) bond motifs is 2. The summed E-state index contributed by atoms with van der Waals surface area (Å²) in [7, 11) is 0. The summed E-state index contributed by atoms with van der Waals surface area (Å²) in [6.07, 6.45) is 7.40. The Morgan fingerprint density at radius 2 is 1.62 bits per heavy atom. The molecule has 0 bridgehead atoms. The molecule has 0 saturated carbocycles. The summed E-state index contributed by atoms with van der Waals surface area (Å²) in [5.41, 5.74) is 6.28. The number of carbonyl (C=O) groups excluding carboxylic acids is 2. The number of anilines is 1. The summed E-state index contributed by atoms with van der Waals surface area (Å²) in [6, 6.07) is 28.3. The van der Waals surface area contributed by atoms with Crippen molar-refractivity contribution in [2.24, 2.45) is 0 Å². The molecule has 4 heterocycles. The predicted octanol–water partition coefficient (Wildman–Crippen LogP) is 5.41. The van der Waals surface area contributed by atoms with E-state index in [4.69, 9.17) is 4.74 Å². The van der Waals surface area contributed by atoms with Gasteiger partial charge in [0.15, 0.2) is 5.65 Å². The Labute approximate surface area is 308 Å². The summed E-state index contributed by atoms with van der Waals surface area (Å²) in [5.74, 6) is 1.03. The standard InChI is InChI=1S/C42H46N6O5/c49-33-12-16-36-31(27-33)11-15-35(29-7-3-1-4-8-29)40(36)30-9-13-34(14-10-30)53-26-6-2-5-20-45-22-24-46(25-23-45)32-19-21-47-38(28-32)44-48(42(47)52)37-17-18-39(50)43-41(37)51/h1,3-4,7-10,12-14,16,19,21,27-28,35,37,40,49H,2,5-6,11,15,17-18,20,22-26H2,(H,43,50,51)/t35-,37?,40+/m1/s1. The first-order chi connectivity index (χ1) is 25.9. The van der Waals surface area contributed by atoms with Crippen molar-refractivity contribution >= 4 is 23.1 Å². The number of benzene rings is 3. The smallest absolute Gasteiger partial charge is 0.351 e. The summed E-state index contributed by atoms with van der Waals surface area (Å²) in [5, 5.41) is 16.9. The van der Waals surface area contributed by atoms with E-state index in [0.29, 0.717) is 23.9 Å². The lowest BCUT2D eigenvalue weighted by Gasteiger charge is -2.36. The van der Waals surface area contributed by atoms with Crippen LogP contribution in [0.1, 0.15) is 78.7 Å². The number of rotatable bonds is 11. The number of pyridine rings is 1. The van der Waals surface area contributed by atoms with E-state index in [9.17, 15) is 19.5 Å². The fourth-order valence-corrected chi connectivity index (χ4v) is 8.38. The first-order valence-electron chi connectivity index (χ1n) is 18.9. The highest BCUT2D eigenvalue weighted by Gasteiger charge is 2.33. The number of hydrogen-bond acceptors (Lipinski definition) is 8. The van der Waals surface area contributed by atoms with Crippen LogP contribution in [0.4, 0.5) is 5.69 Å². The van der Waals surface area contributed by atoms with Crippen LogP contribution in [0.5, 0.6) is 11.5 Å². The van der Waals surface area contributed by atoms with Gasteiger partial charge >= 0.3 is 5.69 Å². The van der Waals surface area contributed by atoms with Crippen LogP contribution >= 0.6 is 0 Å². The second kappa shape index (κ2) is 15.3. The third kappa shape index (κ3) is 7.44. The number of carbonyl (C=O) groups is 2. The van der Waals surface area contributed by atoms with E-state index in [1.54, 1.807) is 6.20 Å². The molecule has 11 nitrogen and oxygen atoms in total. The monoisotopic (exact) mass is 714 g/mol. The van der Waals surface area contributed by atoms with Crippen molar-refractivity contribution in [2.45, 2.75) is 62.8 Å². The molecule has 2 aromatic heterocycles. The van der Waals surface area contributed by atoms with E-state index in [0.717, 1.165) is 76.3 Å². The number of unbranched alkanes of at least 4 members (excludes halogenated alkanes) is 2. The zero-order valence-corrected chi connectivity index (χ0v) is 29.9. The molecule has 3 atom stereocenters. The third-order valence-electron chi connectivity index (χ3n) is 11.2. The highest BCUT2D eigenvalue weighted by molar-refractivity contribution is 5.99. The second-order valence-electron chi connectivity index (χ2n) is 14.5. The van der Waals surface area contributed by atoms with E-state index >= 15 is 0 Å². The van der Waals surface area contributed by atoms with Crippen LogP contribution in [-0.2, 0) is 16.0 Å². The van der Waals surface area contributed by atoms with Crippen LogP contribution in [0.15, 0.2) is 95.9 Å². The average Bonchev–Trinajstić information content (AvgIpc) is 3.51. The van der Waals surface area contributed by atoms with Gasteiger partial charge in [0.2, 0.25) is 5.91 Å². The number of aromatic hydroxyl groups is 1. The zero-order chi connectivity index (χ0) is 36.3. The number of imide groups is 1. The van der Waals surface area contributed by atoms with Gasteiger partial charge in [-0.05, 0) is 104 Å². The Bertz CT molecular complexity index is 2140. The van der Waals surface area contributed by atoms with Crippen LogP contribution in [0.2, 0.25) is 0 Å². The third-order valence-corrected chi connectivity index (χ3v) is 11.2. The molecule has 53 heavy (non-hydrogen) atoms. The minimum Gasteiger partial charge on any atom is -0.508 e. The molecule has 2 saturated heterocycles. The highest BCUT2D eigenvalue weighted by atomic mass is 16.5. The number of phenolic OH excluding ortho intramolecular Hbond substituents is 1. The van der Waals surface area contributed by atoms with Crippen molar-refractivity contribution in [2.75, 3.05) is 44.2 Å². The molecule has 2 N–H and O–H groups in total. The van der Waals surface area contributed by atoms with Gasteiger partial charge in [-0.15, -0.1) is 5.10 Å². The largest absolute Gasteiger partial charge is 0.508 e. The SMILES string of the molecule is O=C1CCC(n2nc3cc(N4CCN(CCCCCOc5ccc([C@@H]6c7ccc(O)cc7CC[C@@H]6c6ccccc6)cc5)CC4)ccn3c2=O)C(=O)N1. The lowest BCUT2D eigenvalue weighted by molar-refractivity contribution is -0.136. The maximum atomic E-state index is 12.9. The molecule has 274 valence electrons. The number of piperazine rings is 1. The molecule has 11 heteroatoms. The molecular weight excluding hydrogens is 668 g/mol. The molecule has 2 amide bonds. The van der Waals surface area contributed by atoms with E-state index in [1.807, 2.05) is 24.3 Å². The summed E-state index contributed by atoms with van der Waals surface area (Å²) in [4.78, 5) is 41.7. The van der Waals surface area contributed by atoms with Gasteiger partial charge in [0.05, 0.1) is 6.61 Å². The van der Waals surface area contributed by atoms with Gasteiger partial charge < -0.3 is 14.7 Å². The van der Waals surface area contributed by atoms with Gasteiger partial charge in [0, 0.05) is 56.5 Å². The molecule has 2 fully saturated rings. The van der Waals surface area contributed by atoms with Crippen molar-refractivity contribution in [3.05, 3.63) is 124 Å². The highest BCUT2D eigenvalue weighted by Crippen LogP contribution is 2.47. The summed E-state index contributed by atoms with van der Waals surface area (Å²) >= 11 is 0. The van der Waals surface area contributed by atoms with Crippen LogP contribution < -0.4 is 20.6 Å². The van der Waals surface area contributed by atoms with E-state index in [2.05, 4.69) is 80.9 Å². The first kappa shape index (κ1) is 34.7. The number of phenols is 1. The van der Waals surface area contributed by atoms with E-state index in [1.165, 1.54) is 31.3 Å². The van der Waals surface area contributed by atoms with Crippen molar-refractivity contribution in [3.8, 4) is 11.5 Å². The summed E-state index contributed by atoms with van der Waals surface area (Å²) in [6.45, 7) is 5.43. The quantitative estimate of drug-likeness (QED) is 0.138. The topological polar surface area (TPSA) is 121 Å². The van der Waals surface area contributed by atoms with Crippen LogP contribution in [0.3, 0.4) is 0 Å². The van der Waals surface area contributed by atoms with Crippen molar-refractivity contribution in [1.82, 2.24) is 24.4 Å². The number of hydrogen-bond donors (Lipinski definition) is 2. The molecule has 8 rings (SSSR count). The van der Waals surface area contributed by atoms with Gasteiger partial charge in [-0.2, -0.15) is 4.68 Å². The first-order valence-corrected chi connectivity index (χ1v) is 18.9. The average molecular weight is 715 g/mol. The minimum absolute atomic E-state index is 0.191. The Morgan fingerprint density at radius 3 is 2.42 bits per heavy atom. The predicted molar refractivity (Wildman–Crippen MR) is 203 cm³/mol. The Balaban J connectivity index is 0.789. The number of amides is 2. The second-order valence-corrected chi connectivity index (χ2v) is 14.5. The molecule has 0 radical (unpaired) electrons. The number of nitrogens with one attached hydrogen (secondary N) is 1. The molecule has 2 aliphatic heterocycles.